The number of rotatable bonds is 1. The Morgan fingerprint density at radius 1 is 1.58 bits per heavy atom. The van der Waals surface area contributed by atoms with Gasteiger partial charge in [0.1, 0.15) is 0 Å². The summed E-state index contributed by atoms with van der Waals surface area (Å²) in [4.78, 5) is 1.38. The van der Waals surface area contributed by atoms with E-state index in [1.165, 1.54) is 21.5 Å². The summed E-state index contributed by atoms with van der Waals surface area (Å²) in [6, 6.07) is 4.71. The van der Waals surface area contributed by atoms with Gasteiger partial charge in [0.15, 0.2) is 0 Å². The molecule has 12 heavy (non-hydrogen) atoms. The highest BCUT2D eigenvalue weighted by atomic mass is 79.9. The van der Waals surface area contributed by atoms with Gasteiger partial charge in [0.05, 0.1) is 9.83 Å². The maximum absolute atomic E-state index is 5.84. The standard InChI is InChI=1S/C8H11BrN2S/c9-8-4-3-7(12-8)6-2-1-5-11(6)10/h3-4,6H,1-2,5,10H2. The third-order valence-electron chi connectivity index (χ3n) is 2.22. The molecule has 66 valence electrons. The molecule has 0 radical (unpaired) electrons. The van der Waals surface area contributed by atoms with Crippen molar-refractivity contribution in [2.75, 3.05) is 6.54 Å². The van der Waals surface area contributed by atoms with Crippen LogP contribution in [0.4, 0.5) is 0 Å². The first kappa shape index (κ1) is 8.69. The Morgan fingerprint density at radius 3 is 2.92 bits per heavy atom. The quantitative estimate of drug-likeness (QED) is 0.772. The van der Waals surface area contributed by atoms with Gasteiger partial charge in [0.25, 0.3) is 0 Å². The summed E-state index contributed by atoms with van der Waals surface area (Å²) in [5, 5.41) is 1.94. The molecular weight excluding hydrogens is 236 g/mol. The fourth-order valence-electron chi connectivity index (χ4n) is 1.60. The Morgan fingerprint density at radius 2 is 2.42 bits per heavy atom. The number of halogens is 1. The van der Waals surface area contributed by atoms with Gasteiger partial charge in [0.2, 0.25) is 0 Å². The maximum atomic E-state index is 5.84. The molecule has 1 atom stereocenters. The summed E-state index contributed by atoms with van der Waals surface area (Å²) >= 11 is 5.24. The number of hydrogen-bond acceptors (Lipinski definition) is 3. The van der Waals surface area contributed by atoms with Gasteiger partial charge in [-0.05, 0) is 40.9 Å². The molecule has 2 heterocycles. The second kappa shape index (κ2) is 3.46. The van der Waals surface area contributed by atoms with Crippen molar-refractivity contribution in [1.29, 1.82) is 0 Å². The molecule has 1 aliphatic rings. The first-order valence-electron chi connectivity index (χ1n) is 4.04. The molecular formula is C8H11BrN2S. The molecule has 2 rings (SSSR count). The van der Waals surface area contributed by atoms with Crippen molar-refractivity contribution >= 4 is 27.3 Å². The van der Waals surface area contributed by atoms with E-state index < -0.39 is 0 Å². The van der Waals surface area contributed by atoms with Crippen molar-refractivity contribution in [3.05, 3.63) is 20.8 Å². The first-order valence-corrected chi connectivity index (χ1v) is 5.65. The van der Waals surface area contributed by atoms with Crippen molar-refractivity contribution in [1.82, 2.24) is 5.01 Å². The van der Waals surface area contributed by atoms with Crippen LogP contribution in [0.3, 0.4) is 0 Å². The summed E-state index contributed by atoms with van der Waals surface area (Å²) in [5.41, 5.74) is 0. The zero-order chi connectivity index (χ0) is 8.55. The maximum Gasteiger partial charge on any atom is 0.0702 e. The number of hydrogen-bond donors (Lipinski definition) is 1. The van der Waals surface area contributed by atoms with Crippen LogP contribution in [-0.4, -0.2) is 11.6 Å². The molecule has 0 spiro atoms. The van der Waals surface area contributed by atoms with E-state index >= 15 is 0 Å². The van der Waals surface area contributed by atoms with E-state index in [9.17, 15) is 0 Å². The molecule has 1 aromatic heterocycles. The minimum absolute atomic E-state index is 0.460. The first-order chi connectivity index (χ1) is 5.77. The molecule has 1 unspecified atom stereocenters. The van der Waals surface area contributed by atoms with Crippen LogP contribution in [-0.2, 0) is 0 Å². The lowest BCUT2D eigenvalue weighted by Crippen LogP contribution is -2.29. The SMILES string of the molecule is NN1CCCC1c1ccc(Br)s1. The van der Waals surface area contributed by atoms with Crippen LogP contribution in [0.2, 0.25) is 0 Å². The fraction of sp³-hybridized carbons (Fsp3) is 0.500. The Hall–Kier alpha value is 0.1000. The average molecular weight is 247 g/mol. The van der Waals surface area contributed by atoms with Gasteiger partial charge in [0, 0.05) is 11.4 Å². The zero-order valence-electron chi connectivity index (χ0n) is 6.66. The number of nitrogens with two attached hydrogens (primary N) is 1. The van der Waals surface area contributed by atoms with Crippen LogP contribution in [0.15, 0.2) is 15.9 Å². The van der Waals surface area contributed by atoms with E-state index in [2.05, 4.69) is 28.1 Å². The number of thiophene rings is 1. The van der Waals surface area contributed by atoms with E-state index in [0.717, 1.165) is 6.54 Å². The Bertz CT molecular complexity index is 274. The lowest BCUT2D eigenvalue weighted by atomic mass is 10.2. The summed E-state index contributed by atoms with van der Waals surface area (Å²) in [6.07, 6.45) is 2.42. The van der Waals surface area contributed by atoms with Gasteiger partial charge >= 0.3 is 0 Å². The molecule has 0 bridgehead atoms. The highest BCUT2D eigenvalue weighted by Crippen LogP contribution is 2.35. The summed E-state index contributed by atoms with van der Waals surface area (Å²) in [6.45, 7) is 1.03. The van der Waals surface area contributed by atoms with Crippen LogP contribution in [0.5, 0.6) is 0 Å². The predicted octanol–water partition coefficient (Wildman–Crippen LogP) is 2.52. The molecule has 0 amide bonds. The smallest absolute Gasteiger partial charge is 0.0702 e. The summed E-state index contributed by atoms with van der Waals surface area (Å²) in [7, 11) is 0. The summed E-state index contributed by atoms with van der Waals surface area (Å²) < 4.78 is 1.19. The van der Waals surface area contributed by atoms with E-state index in [-0.39, 0.29) is 0 Å². The molecule has 2 nitrogen and oxygen atoms in total. The van der Waals surface area contributed by atoms with Crippen molar-refractivity contribution < 1.29 is 0 Å². The Balaban J connectivity index is 2.19. The zero-order valence-corrected chi connectivity index (χ0v) is 9.07. The second-order valence-electron chi connectivity index (χ2n) is 3.04. The Kier molecular flexibility index (Phi) is 2.50. The van der Waals surface area contributed by atoms with Gasteiger partial charge in [-0.2, -0.15) is 0 Å². The van der Waals surface area contributed by atoms with Crippen LogP contribution < -0.4 is 5.84 Å². The Labute approximate surface area is 84.5 Å². The largest absolute Gasteiger partial charge is 0.268 e. The van der Waals surface area contributed by atoms with Gasteiger partial charge in [-0.15, -0.1) is 11.3 Å². The third-order valence-corrected chi connectivity index (χ3v) is 3.94. The minimum atomic E-state index is 0.460. The van der Waals surface area contributed by atoms with Gasteiger partial charge < -0.3 is 0 Å². The average Bonchev–Trinajstić information content (AvgIpc) is 2.58. The van der Waals surface area contributed by atoms with Crippen molar-refractivity contribution in [3.63, 3.8) is 0 Å². The molecule has 2 N–H and O–H groups in total. The molecule has 0 aromatic carbocycles. The van der Waals surface area contributed by atoms with Gasteiger partial charge in [-0.25, -0.2) is 5.01 Å². The van der Waals surface area contributed by atoms with Gasteiger partial charge in [-0.3, -0.25) is 5.84 Å². The lowest BCUT2D eigenvalue weighted by molar-refractivity contribution is 0.269. The lowest BCUT2D eigenvalue weighted by Gasteiger charge is -2.16. The molecule has 4 heteroatoms. The highest BCUT2D eigenvalue weighted by molar-refractivity contribution is 9.11. The van der Waals surface area contributed by atoms with Crippen molar-refractivity contribution in [2.45, 2.75) is 18.9 Å². The number of nitrogens with zero attached hydrogens (tertiary/aromatic N) is 1. The van der Waals surface area contributed by atoms with Crippen LogP contribution >= 0.6 is 27.3 Å². The van der Waals surface area contributed by atoms with E-state index in [1.54, 1.807) is 11.3 Å². The third kappa shape index (κ3) is 1.57. The second-order valence-corrected chi connectivity index (χ2v) is 5.53. The number of hydrazine groups is 1. The minimum Gasteiger partial charge on any atom is -0.268 e. The fourth-order valence-corrected chi connectivity index (χ4v) is 3.18. The van der Waals surface area contributed by atoms with Crippen LogP contribution in [0.1, 0.15) is 23.8 Å². The van der Waals surface area contributed by atoms with E-state index in [0.29, 0.717) is 6.04 Å². The van der Waals surface area contributed by atoms with E-state index in [4.69, 9.17) is 5.84 Å². The van der Waals surface area contributed by atoms with Crippen LogP contribution in [0, 0.1) is 0 Å². The monoisotopic (exact) mass is 246 g/mol. The molecule has 1 fully saturated rings. The molecule has 1 aliphatic heterocycles. The van der Waals surface area contributed by atoms with Crippen molar-refractivity contribution in [2.24, 2.45) is 5.84 Å². The molecule has 1 aromatic rings. The highest BCUT2D eigenvalue weighted by Gasteiger charge is 2.24. The molecule has 0 saturated carbocycles. The predicted molar refractivity (Wildman–Crippen MR) is 54.9 cm³/mol. The normalized spacial score (nSPS) is 25.0. The molecule has 1 saturated heterocycles. The molecule has 0 aliphatic carbocycles. The summed E-state index contributed by atoms with van der Waals surface area (Å²) in [5.74, 6) is 5.84. The topological polar surface area (TPSA) is 29.3 Å². The van der Waals surface area contributed by atoms with Crippen LogP contribution in [0.25, 0.3) is 0 Å². The van der Waals surface area contributed by atoms with Gasteiger partial charge in [-0.1, -0.05) is 0 Å². The van der Waals surface area contributed by atoms with E-state index in [1.807, 2.05) is 5.01 Å². The van der Waals surface area contributed by atoms with Crippen molar-refractivity contribution in [3.8, 4) is 0 Å².